The largest absolute Gasteiger partial charge is 0.462 e. The van der Waals surface area contributed by atoms with Gasteiger partial charge in [-0.2, -0.15) is 0 Å². The van der Waals surface area contributed by atoms with Gasteiger partial charge >= 0.3 is 5.97 Å². The van der Waals surface area contributed by atoms with Crippen molar-refractivity contribution in [1.82, 2.24) is 0 Å². The van der Waals surface area contributed by atoms with Crippen molar-refractivity contribution >= 4 is 28.2 Å². The van der Waals surface area contributed by atoms with Crippen LogP contribution in [-0.4, -0.2) is 18.5 Å². The summed E-state index contributed by atoms with van der Waals surface area (Å²) in [5.41, 5.74) is 2.36. The minimum Gasteiger partial charge on any atom is -0.462 e. The quantitative estimate of drug-likeness (QED) is 0.556. The molecule has 2 aromatic rings. The number of hydrogen-bond donors (Lipinski definition) is 1. The van der Waals surface area contributed by atoms with E-state index in [9.17, 15) is 9.59 Å². The standard InChI is InChI=1S/C23H31NO3S/c1-7-16-9-11-17(12-10-16)20(25)24-21-18(22(26)27-8-2)13-19(28-21)15(3)14-23(4,5)6/h9-13,15H,7-8,14H2,1-6H3,(H,24,25)/t15-/m0/s1. The summed E-state index contributed by atoms with van der Waals surface area (Å²) in [6.45, 7) is 12.9. The summed E-state index contributed by atoms with van der Waals surface area (Å²) in [5, 5.41) is 3.47. The molecule has 0 aliphatic rings. The smallest absolute Gasteiger partial charge is 0.341 e. The van der Waals surface area contributed by atoms with E-state index in [0.29, 0.717) is 22.7 Å². The molecule has 5 heteroatoms. The lowest BCUT2D eigenvalue weighted by Crippen LogP contribution is -2.14. The van der Waals surface area contributed by atoms with E-state index in [0.717, 1.165) is 17.7 Å². The van der Waals surface area contributed by atoms with Crippen LogP contribution in [-0.2, 0) is 11.2 Å². The van der Waals surface area contributed by atoms with Gasteiger partial charge in [-0.3, -0.25) is 4.79 Å². The second-order valence-corrected chi connectivity index (χ2v) is 9.37. The van der Waals surface area contributed by atoms with Gasteiger partial charge in [-0.05, 0) is 54.9 Å². The van der Waals surface area contributed by atoms with Gasteiger partial charge in [-0.1, -0.05) is 46.8 Å². The second-order valence-electron chi connectivity index (χ2n) is 8.28. The van der Waals surface area contributed by atoms with Gasteiger partial charge in [0.05, 0.1) is 12.2 Å². The lowest BCUT2D eigenvalue weighted by atomic mass is 9.85. The number of carbonyl (C=O) groups is 2. The first-order valence-corrected chi connectivity index (χ1v) is 10.7. The molecule has 0 aliphatic heterocycles. The molecule has 0 saturated carbocycles. The van der Waals surface area contributed by atoms with Gasteiger partial charge in [-0.25, -0.2) is 4.79 Å². The van der Waals surface area contributed by atoms with Gasteiger partial charge in [-0.15, -0.1) is 11.3 Å². The molecule has 1 atom stereocenters. The molecular weight excluding hydrogens is 370 g/mol. The molecule has 0 spiro atoms. The number of esters is 1. The van der Waals surface area contributed by atoms with Crippen molar-refractivity contribution in [2.24, 2.45) is 5.41 Å². The van der Waals surface area contributed by atoms with E-state index in [1.165, 1.54) is 16.9 Å². The first kappa shape index (κ1) is 22.2. The molecule has 4 nitrogen and oxygen atoms in total. The lowest BCUT2D eigenvalue weighted by molar-refractivity contribution is 0.0528. The predicted octanol–water partition coefficient (Wildman–Crippen LogP) is 6.28. The van der Waals surface area contributed by atoms with Crippen LogP contribution in [0.5, 0.6) is 0 Å². The Morgan fingerprint density at radius 1 is 1.14 bits per heavy atom. The van der Waals surface area contributed by atoms with Gasteiger partial charge in [0.15, 0.2) is 0 Å². The van der Waals surface area contributed by atoms with Crippen LogP contribution in [0.4, 0.5) is 5.00 Å². The van der Waals surface area contributed by atoms with Crippen molar-refractivity contribution in [1.29, 1.82) is 0 Å². The van der Waals surface area contributed by atoms with E-state index in [1.54, 1.807) is 6.92 Å². The molecule has 1 heterocycles. The Labute approximate surface area is 172 Å². The third-order valence-corrected chi connectivity index (χ3v) is 5.78. The maximum Gasteiger partial charge on any atom is 0.341 e. The first-order valence-electron chi connectivity index (χ1n) is 9.85. The fourth-order valence-corrected chi connectivity index (χ4v) is 4.29. The molecular formula is C23H31NO3S. The lowest BCUT2D eigenvalue weighted by Gasteiger charge is -2.22. The molecule has 1 aromatic carbocycles. The summed E-state index contributed by atoms with van der Waals surface area (Å²) in [7, 11) is 0. The molecule has 28 heavy (non-hydrogen) atoms. The Morgan fingerprint density at radius 3 is 2.32 bits per heavy atom. The number of anilines is 1. The minimum absolute atomic E-state index is 0.179. The minimum atomic E-state index is -0.399. The fraction of sp³-hybridized carbons (Fsp3) is 0.478. The van der Waals surface area contributed by atoms with Crippen molar-refractivity contribution in [3.63, 3.8) is 0 Å². The molecule has 0 unspecified atom stereocenters. The van der Waals surface area contributed by atoms with Crippen molar-refractivity contribution in [3.05, 3.63) is 51.9 Å². The highest BCUT2D eigenvalue weighted by atomic mass is 32.1. The predicted molar refractivity (Wildman–Crippen MR) is 117 cm³/mol. The topological polar surface area (TPSA) is 55.4 Å². The number of aryl methyl sites for hydroxylation is 1. The number of benzene rings is 1. The van der Waals surface area contributed by atoms with Crippen LogP contribution in [0.2, 0.25) is 0 Å². The molecule has 0 bridgehead atoms. The van der Waals surface area contributed by atoms with Crippen LogP contribution in [0, 0.1) is 5.41 Å². The normalized spacial score (nSPS) is 12.5. The Bertz CT molecular complexity index is 815. The van der Waals surface area contributed by atoms with Crippen molar-refractivity contribution in [2.45, 2.75) is 60.3 Å². The Kier molecular flexibility index (Phi) is 7.41. The summed E-state index contributed by atoms with van der Waals surface area (Å²) >= 11 is 1.46. The number of rotatable bonds is 7. The highest BCUT2D eigenvalue weighted by Crippen LogP contribution is 2.38. The summed E-state index contributed by atoms with van der Waals surface area (Å²) < 4.78 is 5.20. The molecule has 0 radical (unpaired) electrons. The highest BCUT2D eigenvalue weighted by Gasteiger charge is 2.24. The average molecular weight is 402 g/mol. The van der Waals surface area contributed by atoms with Crippen LogP contribution in [0.25, 0.3) is 0 Å². The zero-order valence-electron chi connectivity index (χ0n) is 17.7. The highest BCUT2D eigenvalue weighted by molar-refractivity contribution is 7.16. The van der Waals surface area contributed by atoms with E-state index < -0.39 is 5.97 Å². The molecule has 0 saturated heterocycles. The Morgan fingerprint density at radius 2 is 1.79 bits per heavy atom. The van der Waals surface area contributed by atoms with Crippen LogP contribution >= 0.6 is 11.3 Å². The Balaban J connectivity index is 2.29. The summed E-state index contributed by atoms with van der Waals surface area (Å²) in [6.07, 6.45) is 1.91. The van der Waals surface area contributed by atoms with E-state index in [4.69, 9.17) is 4.74 Å². The van der Waals surface area contributed by atoms with Crippen LogP contribution in [0.15, 0.2) is 30.3 Å². The fourth-order valence-electron chi connectivity index (χ4n) is 3.19. The molecule has 152 valence electrons. The molecule has 1 N–H and O–H groups in total. The number of nitrogens with one attached hydrogen (secondary N) is 1. The van der Waals surface area contributed by atoms with Gasteiger partial charge in [0.1, 0.15) is 5.00 Å². The van der Waals surface area contributed by atoms with Gasteiger partial charge in [0.2, 0.25) is 0 Å². The molecule has 1 aromatic heterocycles. The van der Waals surface area contributed by atoms with Crippen LogP contribution in [0.3, 0.4) is 0 Å². The molecule has 1 amide bonds. The summed E-state index contributed by atoms with van der Waals surface area (Å²) in [6, 6.07) is 9.40. The van der Waals surface area contributed by atoms with Crippen molar-refractivity contribution in [2.75, 3.05) is 11.9 Å². The van der Waals surface area contributed by atoms with E-state index in [2.05, 4.69) is 39.9 Å². The zero-order valence-corrected chi connectivity index (χ0v) is 18.5. The van der Waals surface area contributed by atoms with E-state index in [1.807, 2.05) is 30.3 Å². The molecule has 0 aliphatic carbocycles. The maximum absolute atomic E-state index is 12.7. The Hall–Kier alpha value is -2.14. The number of hydrogen-bond acceptors (Lipinski definition) is 4. The number of amides is 1. The van der Waals surface area contributed by atoms with Gasteiger partial charge in [0, 0.05) is 10.4 Å². The van der Waals surface area contributed by atoms with E-state index >= 15 is 0 Å². The molecule has 0 fully saturated rings. The second kappa shape index (κ2) is 9.37. The number of carbonyl (C=O) groups excluding carboxylic acids is 2. The van der Waals surface area contributed by atoms with Crippen molar-refractivity contribution < 1.29 is 14.3 Å². The zero-order chi connectivity index (χ0) is 20.9. The van der Waals surface area contributed by atoms with Gasteiger partial charge in [0.25, 0.3) is 5.91 Å². The van der Waals surface area contributed by atoms with Crippen molar-refractivity contribution in [3.8, 4) is 0 Å². The third kappa shape index (κ3) is 5.93. The average Bonchev–Trinajstić information content (AvgIpc) is 3.04. The maximum atomic E-state index is 12.7. The van der Waals surface area contributed by atoms with E-state index in [-0.39, 0.29) is 17.2 Å². The van der Waals surface area contributed by atoms with Crippen LogP contribution in [0.1, 0.15) is 85.0 Å². The number of thiophene rings is 1. The SMILES string of the molecule is CCOC(=O)c1cc([C@@H](C)CC(C)(C)C)sc1NC(=O)c1ccc(CC)cc1. The monoisotopic (exact) mass is 401 g/mol. The first-order chi connectivity index (χ1) is 13.1. The number of ether oxygens (including phenoxy) is 1. The summed E-state index contributed by atoms with van der Waals surface area (Å²) in [4.78, 5) is 26.2. The van der Waals surface area contributed by atoms with Crippen LogP contribution < -0.4 is 5.32 Å². The third-order valence-electron chi connectivity index (χ3n) is 4.50. The molecule has 2 rings (SSSR count). The van der Waals surface area contributed by atoms with Gasteiger partial charge < -0.3 is 10.1 Å². The summed E-state index contributed by atoms with van der Waals surface area (Å²) in [5.74, 6) is -0.331.